The Labute approximate surface area is 206 Å². The maximum absolute atomic E-state index is 13.4. The van der Waals surface area contributed by atoms with Crippen molar-refractivity contribution in [3.63, 3.8) is 0 Å². The SMILES string of the molecule is C=C(Cc1ccccc1)[C@H]1CN(C(=O)c2ccc(OC)cc2)CC(=O)N1Cc1ccccc1OC. The minimum absolute atomic E-state index is 0.00906. The first kappa shape index (κ1) is 24.1. The highest BCUT2D eigenvalue weighted by atomic mass is 16.5. The van der Waals surface area contributed by atoms with Gasteiger partial charge in [0.15, 0.2) is 0 Å². The lowest BCUT2D eigenvalue weighted by Crippen LogP contribution is -2.58. The molecule has 0 spiro atoms. The molecule has 0 aromatic heterocycles. The number of nitrogens with zero attached hydrogens (tertiary/aromatic N) is 2. The number of carbonyl (C=O) groups excluding carboxylic acids is 2. The molecule has 1 aliphatic heterocycles. The molecule has 6 heteroatoms. The fraction of sp³-hybridized carbons (Fsp3) is 0.241. The molecule has 35 heavy (non-hydrogen) atoms. The molecule has 0 unspecified atom stereocenters. The molecule has 1 saturated heterocycles. The van der Waals surface area contributed by atoms with Crippen LogP contribution in [0.2, 0.25) is 0 Å². The van der Waals surface area contributed by atoms with E-state index in [0.29, 0.717) is 30.8 Å². The molecule has 0 radical (unpaired) electrons. The summed E-state index contributed by atoms with van der Waals surface area (Å²) in [6.45, 7) is 5.11. The van der Waals surface area contributed by atoms with Crippen LogP contribution in [0.3, 0.4) is 0 Å². The van der Waals surface area contributed by atoms with Gasteiger partial charge in [0, 0.05) is 17.7 Å². The molecule has 3 aromatic rings. The van der Waals surface area contributed by atoms with Gasteiger partial charge in [0.2, 0.25) is 5.91 Å². The predicted octanol–water partition coefficient (Wildman–Crippen LogP) is 4.36. The maximum Gasteiger partial charge on any atom is 0.254 e. The van der Waals surface area contributed by atoms with Crippen molar-refractivity contribution in [1.82, 2.24) is 9.80 Å². The van der Waals surface area contributed by atoms with E-state index in [1.54, 1.807) is 43.4 Å². The van der Waals surface area contributed by atoms with Crippen molar-refractivity contribution in [1.29, 1.82) is 0 Å². The van der Waals surface area contributed by atoms with Crippen molar-refractivity contribution in [3.05, 3.63) is 108 Å². The normalized spacial score (nSPS) is 15.6. The highest BCUT2D eigenvalue weighted by molar-refractivity contribution is 5.97. The number of hydrogen-bond donors (Lipinski definition) is 0. The molecule has 4 rings (SSSR count). The van der Waals surface area contributed by atoms with Crippen molar-refractivity contribution in [2.45, 2.75) is 19.0 Å². The van der Waals surface area contributed by atoms with E-state index in [1.807, 2.05) is 59.5 Å². The molecule has 3 aromatic carbocycles. The third kappa shape index (κ3) is 5.54. The van der Waals surface area contributed by atoms with Gasteiger partial charge in [-0.2, -0.15) is 0 Å². The zero-order valence-electron chi connectivity index (χ0n) is 20.1. The van der Waals surface area contributed by atoms with Crippen LogP contribution >= 0.6 is 0 Å². The minimum atomic E-state index is -0.330. The van der Waals surface area contributed by atoms with Gasteiger partial charge in [-0.15, -0.1) is 0 Å². The monoisotopic (exact) mass is 470 g/mol. The number of methoxy groups -OCH3 is 2. The molecule has 0 N–H and O–H groups in total. The van der Waals surface area contributed by atoms with Gasteiger partial charge >= 0.3 is 0 Å². The van der Waals surface area contributed by atoms with Crippen molar-refractivity contribution in [3.8, 4) is 11.5 Å². The van der Waals surface area contributed by atoms with Gasteiger partial charge in [0.05, 0.1) is 26.8 Å². The van der Waals surface area contributed by atoms with E-state index >= 15 is 0 Å². The number of hydrogen-bond acceptors (Lipinski definition) is 4. The zero-order chi connectivity index (χ0) is 24.8. The fourth-order valence-electron chi connectivity index (χ4n) is 4.41. The summed E-state index contributed by atoms with van der Waals surface area (Å²) in [5.74, 6) is 1.09. The number of rotatable bonds is 8. The number of para-hydroxylation sites is 1. The van der Waals surface area contributed by atoms with E-state index in [4.69, 9.17) is 9.47 Å². The van der Waals surface area contributed by atoms with Gasteiger partial charge in [0.1, 0.15) is 18.0 Å². The van der Waals surface area contributed by atoms with Crippen LogP contribution in [0.15, 0.2) is 91.0 Å². The molecule has 1 heterocycles. The van der Waals surface area contributed by atoms with E-state index in [2.05, 4.69) is 6.58 Å². The Morgan fingerprint density at radius 3 is 2.31 bits per heavy atom. The topological polar surface area (TPSA) is 59.1 Å². The highest BCUT2D eigenvalue weighted by Gasteiger charge is 2.36. The van der Waals surface area contributed by atoms with E-state index in [9.17, 15) is 9.59 Å². The van der Waals surface area contributed by atoms with Crippen LogP contribution in [0.25, 0.3) is 0 Å². The number of benzene rings is 3. The summed E-state index contributed by atoms with van der Waals surface area (Å²) in [6.07, 6.45) is 0.617. The van der Waals surface area contributed by atoms with Gasteiger partial charge in [-0.25, -0.2) is 0 Å². The predicted molar refractivity (Wildman–Crippen MR) is 136 cm³/mol. The highest BCUT2D eigenvalue weighted by Crippen LogP contribution is 2.27. The lowest BCUT2D eigenvalue weighted by molar-refractivity contribution is -0.138. The molecular weight excluding hydrogens is 440 g/mol. The van der Waals surface area contributed by atoms with Crippen molar-refractivity contribution in [2.75, 3.05) is 27.3 Å². The molecule has 0 bridgehead atoms. The smallest absolute Gasteiger partial charge is 0.254 e. The van der Waals surface area contributed by atoms with E-state index in [0.717, 1.165) is 22.4 Å². The summed E-state index contributed by atoms with van der Waals surface area (Å²) in [5.41, 5.74) is 3.42. The zero-order valence-corrected chi connectivity index (χ0v) is 20.1. The second-order valence-corrected chi connectivity index (χ2v) is 8.58. The average molecular weight is 471 g/mol. The summed E-state index contributed by atoms with van der Waals surface area (Å²) >= 11 is 0. The molecule has 0 aliphatic carbocycles. The van der Waals surface area contributed by atoms with Crippen LogP contribution in [0.1, 0.15) is 21.5 Å². The Kier molecular flexibility index (Phi) is 7.51. The fourth-order valence-corrected chi connectivity index (χ4v) is 4.41. The molecule has 0 saturated carbocycles. The quantitative estimate of drug-likeness (QED) is 0.459. The largest absolute Gasteiger partial charge is 0.497 e. The standard InChI is InChI=1S/C29H30N2O4/c1-21(17-22-9-5-4-6-10-22)26-19-30(29(33)23-13-15-25(34-2)16-14-23)20-28(32)31(26)18-24-11-7-8-12-27(24)35-3/h4-16,26H,1,17-20H2,2-3H3/t26-/m1/s1. The van der Waals surface area contributed by atoms with Gasteiger partial charge < -0.3 is 19.3 Å². The van der Waals surface area contributed by atoms with Crippen molar-refractivity contribution < 1.29 is 19.1 Å². The second kappa shape index (κ2) is 10.9. The maximum atomic E-state index is 13.4. The Morgan fingerprint density at radius 1 is 0.943 bits per heavy atom. The van der Waals surface area contributed by atoms with E-state index in [-0.39, 0.29) is 24.4 Å². The summed E-state index contributed by atoms with van der Waals surface area (Å²) in [4.78, 5) is 30.2. The number of carbonyl (C=O) groups is 2. The van der Waals surface area contributed by atoms with Crippen LogP contribution in [-0.2, 0) is 17.8 Å². The molecule has 1 fully saturated rings. The first-order valence-electron chi connectivity index (χ1n) is 11.6. The third-order valence-corrected chi connectivity index (χ3v) is 6.32. The van der Waals surface area contributed by atoms with Gasteiger partial charge in [0.25, 0.3) is 5.91 Å². The summed E-state index contributed by atoms with van der Waals surface area (Å²) in [5, 5.41) is 0. The number of ether oxygens (including phenoxy) is 2. The summed E-state index contributed by atoms with van der Waals surface area (Å²) in [6, 6.07) is 24.3. The van der Waals surface area contributed by atoms with Crippen molar-refractivity contribution >= 4 is 11.8 Å². The molecule has 180 valence electrons. The van der Waals surface area contributed by atoms with Crippen LogP contribution in [0, 0.1) is 0 Å². The van der Waals surface area contributed by atoms with Gasteiger partial charge in [-0.3, -0.25) is 9.59 Å². The van der Waals surface area contributed by atoms with Crippen LogP contribution < -0.4 is 9.47 Å². The van der Waals surface area contributed by atoms with Crippen LogP contribution in [0.4, 0.5) is 0 Å². The van der Waals surface area contributed by atoms with E-state index in [1.165, 1.54) is 0 Å². The Morgan fingerprint density at radius 2 is 1.63 bits per heavy atom. The second-order valence-electron chi connectivity index (χ2n) is 8.58. The molecule has 1 aliphatic rings. The van der Waals surface area contributed by atoms with Crippen molar-refractivity contribution in [2.24, 2.45) is 0 Å². The Hall–Kier alpha value is -4.06. The van der Waals surface area contributed by atoms with Crippen LogP contribution in [-0.4, -0.2) is 55.0 Å². The lowest BCUT2D eigenvalue weighted by atomic mass is 9.95. The first-order valence-corrected chi connectivity index (χ1v) is 11.6. The molecule has 6 nitrogen and oxygen atoms in total. The number of piperazine rings is 1. The lowest BCUT2D eigenvalue weighted by Gasteiger charge is -2.42. The average Bonchev–Trinajstić information content (AvgIpc) is 2.90. The summed E-state index contributed by atoms with van der Waals surface area (Å²) in [7, 11) is 3.21. The van der Waals surface area contributed by atoms with Gasteiger partial charge in [-0.1, -0.05) is 55.1 Å². The Balaban J connectivity index is 1.61. The first-order chi connectivity index (χ1) is 17.0. The van der Waals surface area contributed by atoms with E-state index < -0.39 is 0 Å². The molecule has 2 amide bonds. The minimum Gasteiger partial charge on any atom is -0.497 e. The van der Waals surface area contributed by atoms with Gasteiger partial charge in [-0.05, 0) is 47.9 Å². The van der Waals surface area contributed by atoms with Crippen LogP contribution in [0.5, 0.6) is 11.5 Å². The number of amides is 2. The molecular formula is C29H30N2O4. The summed E-state index contributed by atoms with van der Waals surface area (Å²) < 4.78 is 10.7. The molecule has 1 atom stereocenters. The third-order valence-electron chi connectivity index (χ3n) is 6.32. The Bertz CT molecular complexity index is 1190.